The number of rotatable bonds is 12. The van der Waals surface area contributed by atoms with Crippen LogP contribution in [0.15, 0.2) is 114 Å². The van der Waals surface area contributed by atoms with Crippen molar-refractivity contribution in [1.29, 1.82) is 0 Å². The van der Waals surface area contributed by atoms with E-state index in [1.807, 2.05) is 62.3 Å². The van der Waals surface area contributed by atoms with Crippen molar-refractivity contribution in [1.82, 2.24) is 5.32 Å². The van der Waals surface area contributed by atoms with Crippen LogP contribution in [0.25, 0.3) is 6.08 Å². The molecule has 3 amide bonds. The van der Waals surface area contributed by atoms with Gasteiger partial charge in [0, 0.05) is 47.2 Å². The van der Waals surface area contributed by atoms with E-state index in [9.17, 15) is 19.2 Å². The third-order valence-corrected chi connectivity index (χ3v) is 8.20. The third-order valence-electron chi connectivity index (χ3n) is 6.84. The number of carbonyl (C=O) groups excluding carboxylic acids is 4. The summed E-state index contributed by atoms with van der Waals surface area (Å²) in [5.74, 6) is -1.10. The summed E-state index contributed by atoms with van der Waals surface area (Å²) in [5, 5.41) is 8.18. The zero-order valence-corrected chi connectivity index (χ0v) is 26.5. The molecule has 0 saturated heterocycles. The lowest BCUT2D eigenvalue weighted by Crippen LogP contribution is -2.30. The molecule has 1 atom stereocenters. The zero-order valence-electron chi connectivity index (χ0n) is 25.7. The summed E-state index contributed by atoms with van der Waals surface area (Å²) in [5.41, 5.74) is 3.97. The van der Waals surface area contributed by atoms with Gasteiger partial charge in [-0.1, -0.05) is 43.3 Å². The first-order chi connectivity index (χ1) is 21.6. The molecule has 0 spiro atoms. The van der Waals surface area contributed by atoms with Crippen molar-refractivity contribution < 1.29 is 19.2 Å². The Morgan fingerprint density at radius 2 is 1.47 bits per heavy atom. The van der Waals surface area contributed by atoms with E-state index >= 15 is 0 Å². The van der Waals surface area contributed by atoms with Crippen molar-refractivity contribution >= 4 is 58.4 Å². The average molecular weight is 621 g/mol. The number of thioether (sulfide) groups is 1. The van der Waals surface area contributed by atoms with E-state index in [-0.39, 0.29) is 17.4 Å². The van der Waals surface area contributed by atoms with Crippen molar-refractivity contribution in [2.24, 2.45) is 0 Å². The molecule has 0 radical (unpaired) electrons. The van der Waals surface area contributed by atoms with E-state index in [1.54, 1.807) is 72.8 Å². The van der Waals surface area contributed by atoms with E-state index in [2.05, 4.69) is 16.0 Å². The van der Waals surface area contributed by atoms with Crippen LogP contribution in [-0.2, 0) is 9.59 Å². The predicted octanol–water partition coefficient (Wildman–Crippen LogP) is 6.87. The lowest BCUT2D eigenvalue weighted by atomic mass is 10.1. The van der Waals surface area contributed by atoms with Crippen molar-refractivity contribution in [2.45, 2.75) is 30.4 Å². The highest BCUT2D eigenvalue weighted by Crippen LogP contribution is 2.29. The zero-order chi connectivity index (χ0) is 32.3. The molecule has 1 unspecified atom stereocenters. The number of benzene rings is 4. The molecule has 9 heteroatoms. The number of ketones is 1. The Bertz CT molecular complexity index is 1680. The van der Waals surface area contributed by atoms with Gasteiger partial charge in [-0.3, -0.25) is 19.2 Å². The molecule has 45 heavy (non-hydrogen) atoms. The molecule has 0 bridgehead atoms. The molecule has 0 saturated carbocycles. The molecular formula is C36H36N4O4S. The van der Waals surface area contributed by atoms with E-state index in [0.29, 0.717) is 28.9 Å². The van der Waals surface area contributed by atoms with Gasteiger partial charge in [-0.05, 0) is 91.7 Å². The van der Waals surface area contributed by atoms with Crippen LogP contribution in [-0.4, -0.2) is 42.9 Å². The van der Waals surface area contributed by atoms with Gasteiger partial charge in [0.1, 0.15) is 5.70 Å². The summed E-state index contributed by atoms with van der Waals surface area (Å²) in [7, 11) is 3.89. The Kier molecular flexibility index (Phi) is 11.3. The van der Waals surface area contributed by atoms with Gasteiger partial charge < -0.3 is 20.9 Å². The Morgan fingerprint density at radius 3 is 2.09 bits per heavy atom. The number of carbonyl (C=O) groups is 4. The molecule has 8 nitrogen and oxygen atoms in total. The van der Waals surface area contributed by atoms with E-state index in [0.717, 1.165) is 16.1 Å². The minimum Gasteiger partial charge on any atom is -0.378 e. The first-order valence-electron chi connectivity index (χ1n) is 14.5. The van der Waals surface area contributed by atoms with Crippen LogP contribution in [0, 0.1) is 0 Å². The van der Waals surface area contributed by atoms with Gasteiger partial charge in [-0.15, -0.1) is 11.8 Å². The first-order valence-corrected chi connectivity index (χ1v) is 15.4. The van der Waals surface area contributed by atoms with Crippen LogP contribution in [0.2, 0.25) is 0 Å². The maximum Gasteiger partial charge on any atom is 0.272 e. The van der Waals surface area contributed by atoms with Crippen LogP contribution in [0.5, 0.6) is 0 Å². The second-order valence-electron chi connectivity index (χ2n) is 10.5. The molecule has 230 valence electrons. The molecule has 4 aromatic carbocycles. The van der Waals surface area contributed by atoms with Crippen LogP contribution < -0.4 is 20.9 Å². The fourth-order valence-electron chi connectivity index (χ4n) is 4.32. The van der Waals surface area contributed by atoms with Gasteiger partial charge in [0.05, 0.1) is 5.25 Å². The minimum absolute atomic E-state index is 0.0401. The largest absolute Gasteiger partial charge is 0.378 e. The minimum atomic E-state index is -0.489. The number of nitrogens with zero attached hydrogens (tertiary/aromatic N) is 1. The fraction of sp³-hybridized carbons (Fsp3) is 0.167. The number of hydrogen-bond donors (Lipinski definition) is 3. The van der Waals surface area contributed by atoms with Gasteiger partial charge in [0.25, 0.3) is 11.8 Å². The highest BCUT2D eigenvalue weighted by atomic mass is 32.2. The van der Waals surface area contributed by atoms with E-state index in [4.69, 9.17) is 0 Å². The molecular weight excluding hydrogens is 584 g/mol. The summed E-state index contributed by atoms with van der Waals surface area (Å²) in [6.45, 7) is 3.43. The van der Waals surface area contributed by atoms with Crippen molar-refractivity contribution in [3.63, 3.8) is 0 Å². The molecule has 0 heterocycles. The van der Waals surface area contributed by atoms with Gasteiger partial charge in [-0.2, -0.15) is 0 Å². The molecule has 0 aromatic heterocycles. The molecule has 0 aliphatic heterocycles. The second-order valence-corrected chi connectivity index (χ2v) is 11.8. The van der Waals surface area contributed by atoms with Gasteiger partial charge >= 0.3 is 0 Å². The van der Waals surface area contributed by atoms with Gasteiger partial charge in [0.2, 0.25) is 5.91 Å². The fourth-order valence-corrected chi connectivity index (χ4v) is 5.33. The maximum absolute atomic E-state index is 13.5. The normalized spacial score (nSPS) is 11.7. The number of Topliss-reactive ketones (excluding diaryl/α,β-unsaturated/α-hetero) is 1. The SMILES string of the molecule is CCC(Sc1cccc(NC(=O)/C(=C\c2ccc(N(C)C)cc2)NC(=O)c2ccccc2)c1)C(=O)Nc1ccc(C(C)=O)cc1. The van der Waals surface area contributed by atoms with Crippen LogP contribution in [0.3, 0.4) is 0 Å². The van der Waals surface area contributed by atoms with Crippen molar-refractivity contribution in [3.8, 4) is 0 Å². The first kappa shape index (κ1) is 32.8. The average Bonchev–Trinajstić information content (AvgIpc) is 3.04. The lowest BCUT2D eigenvalue weighted by Gasteiger charge is -2.16. The smallest absolute Gasteiger partial charge is 0.272 e. The molecule has 3 N–H and O–H groups in total. The Morgan fingerprint density at radius 1 is 0.778 bits per heavy atom. The van der Waals surface area contributed by atoms with Crippen molar-refractivity contribution in [2.75, 3.05) is 29.6 Å². The monoisotopic (exact) mass is 620 g/mol. The highest BCUT2D eigenvalue weighted by molar-refractivity contribution is 8.00. The summed E-state index contributed by atoms with van der Waals surface area (Å²) < 4.78 is 0. The lowest BCUT2D eigenvalue weighted by molar-refractivity contribution is -0.116. The van der Waals surface area contributed by atoms with Crippen LogP contribution in [0.1, 0.15) is 46.5 Å². The summed E-state index contributed by atoms with van der Waals surface area (Å²) in [4.78, 5) is 53.9. The predicted molar refractivity (Wildman–Crippen MR) is 183 cm³/mol. The van der Waals surface area contributed by atoms with Gasteiger partial charge in [0.15, 0.2) is 5.78 Å². The number of anilines is 3. The number of amides is 3. The Hall–Kier alpha value is -5.15. The molecule has 0 fully saturated rings. The number of nitrogens with one attached hydrogen (secondary N) is 3. The standard InChI is InChI=1S/C36H36N4O4S/c1-5-33(36(44)37-28-18-16-26(17-19-28)24(2)41)45-31-13-9-12-29(23-31)38-35(43)32(39-34(42)27-10-7-6-8-11-27)22-25-14-20-30(21-15-25)40(3)4/h6-23,33H,5H2,1-4H3,(H,37,44)(H,38,43)(H,39,42)/b32-22+. The molecule has 0 aliphatic carbocycles. The molecule has 4 aromatic rings. The van der Waals surface area contributed by atoms with Gasteiger partial charge in [-0.25, -0.2) is 0 Å². The summed E-state index contributed by atoms with van der Waals surface area (Å²) >= 11 is 1.38. The Balaban J connectivity index is 1.49. The maximum atomic E-state index is 13.5. The number of hydrogen-bond acceptors (Lipinski definition) is 6. The molecule has 4 rings (SSSR count). The molecule has 0 aliphatic rings. The van der Waals surface area contributed by atoms with Crippen molar-refractivity contribution in [3.05, 3.63) is 126 Å². The van der Waals surface area contributed by atoms with E-state index < -0.39 is 17.1 Å². The van der Waals surface area contributed by atoms with E-state index in [1.165, 1.54) is 18.7 Å². The van der Waals surface area contributed by atoms with Crippen LogP contribution >= 0.6 is 11.8 Å². The topological polar surface area (TPSA) is 108 Å². The van der Waals surface area contributed by atoms with Crippen LogP contribution in [0.4, 0.5) is 17.1 Å². The second kappa shape index (κ2) is 15.5. The summed E-state index contributed by atoms with van der Waals surface area (Å²) in [6.07, 6.45) is 2.21. The quantitative estimate of drug-likeness (QED) is 0.0906. The highest BCUT2D eigenvalue weighted by Gasteiger charge is 2.20. The Labute approximate surface area is 267 Å². The summed E-state index contributed by atoms with van der Waals surface area (Å²) in [6, 6.07) is 30.3. The third kappa shape index (κ3) is 9.42.